The summed E-state index contributed by atoms with van der Waals surface area (Å²) in [6.07, 6.45) is 6.26. The Kier molecular flexibility index (Phi) is 7.23. The van der Waals surface area contributed by atoms with Crippen LogP contribution in [0.3, 0.4) is 0 Å². The predicted molar refractivity (Wildman–Crippen MR) is 138 cm³/mol. The lowest BCUT2D eigenvalue weighted by molar-refractivity contribution is -0.130. The molecule has 4 aromatic rings. The predicted octanol–water partition coefficient (Wildman–Crippen LogP) is 2.99. The summed E-state index contributed by atoms with van der Waals surface area (Å²) in [6.45, 7) is 2.59. The van der Waals surface area contributed by atoms with Gasteiger partial charge in [-0.15, -0.1) is 0 Å². The molecule has 0 unspecified atom stereocenters. The number of hydrogen-bond donors (Lipinski definition) is 1. The lowest BCUT2D eigenvalue weighted by Crippen LogP contribution is -2.27. The van der Waals surface area contributed by atoms with Gasteiger partial charge in [0, 0.05) is 58.5 Å². The minimum atomic E-state index is -0.261. The summed E-state index contributed by atoms with van der Waals surface area (Å²) in [5.74, 6) is 1.94. The topological polar surface area (TPSA) is 97.0 Å². The second-order valence-electron chi connectivity index (χ2n) is 8.75. The molecular formula is C26H31N7O3. The highest BCUT2D eigenvalue weighted by Crippen LogP contribution is 2.25. The summed E-state index contributed by atoms with van der Waals surface area (Å²) in [5.41, 5.74) is 2.78. The smallest absolute Gasteiger partial charge is 0.259 e. The van der Waals surface area contributed by atoms with Gasteiger partial charge in [0.1, 0.15) is 23.0 Å². The van der Waals surface area contributed by atoms with Gasteiger partial charge in [0.25, 0.3) is 11.8 Å². The van der Waals surface area contributed by atoms with Crippen LogP contribution in [0, 0.1) is 0 Å². The minimum Gasteiger partial charge on any atom is -0.484 e. The van der Waals surface area contributed by atoms with Crippen molar-refractivity contribution in [1.29, 1.82) is 0 Å². The average Bonchev–Trinajstić information content (AvgIpc) is 3.44. The number of likely N-dealkylation sites (N-methyl/N-ethyl adjacent to an activating group) is 1. The van der Waals surface area contributed by atoms with Crippen LogP contribution in [0.1, 0.15) is 28.8 Å². The van der Waals surface area contributed by atoms with Gasteiger partial charge in [-0.3, -0.25) is 14.0 Å². The molecule has 0 atom stereocenters. The molecule has 2 amide bonds. The number of ether oxygens (including phenoxy) is 1. The summed E-state index contributed by atoms with van der Waals surface area (Å²) in [6, 6.07) is 10.6. The van der Waals surface area contributed by atoms with E-state index in [0.717, 1.165) is 29.4 Å². The Morgan fingerprint density at radius 1 is 1.14 bits per heavy atom. The Bertz CT molecular complexity index is 1390. The normalized spacial score (nSPS) is 10.9. The van der Waals surface area contributed by atoms with Crippen LogP contribution in [0.5, 0.6) is 5.75 Å². The van der Waals surface area contributed by atoms with Crippen molar-refractivity contribution >= 4 is 29.0 Å². The number of anilines is 2. The first kappa shape index (κ1) is 24.8. The third-order valence-electron chi connectivity index (χ3n) is 5.87. The van der Waals surface area contributed by atoms with E-state index in [1.807, 2.05) is 35.3 Å². The number of carbonyl (C=O) groups is 2. The molecule has 0 saturated carbocycles. The molecule has 4 rings (SSSR count). The van der Waals surface area contributed by atoms with Crippen molar-refractivity contribution in [3.8, 4) is 5.75 Å². The van der Waals surface area contributed by atoms with E-state index in [-0.39, 0.29) is 18.4 Å². The first-order valence-electron chi connectivity index (χ1n) is 11.7. The molecule has 0 saturated heterocycles. The van der Waals surface area contributed by atoms with Crippen molar-refractivity contribution in [2.24, 2.45) is 7.05 Å². The van der Waals surface area contributed by atoms with Crippen molar-refractivity contribution in [1.82, 2.24) is 23.8 Å². The van der Waals surface area contributed by atoms with Crippen LogP contribution in [-0.4, -0.2) is 63.4 Å². The van der Waals surface area contributed by atoms with Gasteiger partial charge >= 0.3 is 0 Å². The van der Waals surface area contributed by atoms with E-state index in [1.54, 1.807) is 56.8 Å². The molecular weight excluding hydrogens is 458 g/mol. The fraction of sp³-hybridized carbons (Fsp3) is 0.308. The number of nitrogens with zero attached hydrogens (tertiary/aromatic N) is 6. The van der Waals surface area contributed by atoms with E-state index < -0.39 is 0 Å². The van der Waals surface area contributed by atoms with Crippen LogP contribution in [0.2, 0.25) is 0 Å². The Hall–Kier alpha value is -4.34. The Morgan fingerprint density at radius 3 is 2.64 bits per heavy atom. The van der Waals surface area contributed by atoms with Crippen LogP contribution in [-0.2, 0) is 24.8 Å². The number of rotatable bonds is 9. The molecule has 3 heterocycles. The molecule has 1 aromatic carbocycles. The molecule has 1 N–H and O–H groups in total. The monoisotopic (exact) mass is 489 g/mol. The van der Waals surface area contributed by atoms with E-state index in [9.17, 15) is 9.59 Å². The van der Waals surface area contributed by atoms with Gasteiger partial charge in [0.15, 0.2) is 6.61 Å². The van der Waals surface area contributed by atoms with Gasteiger partial charge in [0.2, 0.25) is 0 Å². The Labute approximate surface area is 210 Å². The molecule has 0 spiro atoms. The zero-order valence-electron chi connectivity index (χ0n) is 21.2. The van der Waals surface area contributed by atoms with E-state index in [0.29, 0.717) is 23.5 Å². The molecule has 10 heteroatoms. The molecule has 188 valence electrons. The number of aromatic nitrogens is 4. The number of hydrogen-bond acceptors (Lipinski definition) is 6. The second kappa shape index (κ2) is 10.5. The number of amides is 2. The molecule has 3 aromatic heterocycles. The number of benzene rings is 1. The van der Waals surface area contributed by atoms with Crippen LogP contribution in [0.4, 0.5) is 11.5 Å². The van der Waals surface area contributed by atoms with Gasteiger partial charge in [0.05, 0.1) is 17.8 Å². The van der Waals surface area contributed by atoms with E-state index in [4.69, 9.17) is 9.72 Å². The van der Waals surface area contributed by atoms with E-state index in [1.165, 1.54) is 4.90 Å². The first-order valence-corrected chi connectivity index (χ1v) is 11.7. The van der Waals surface area contributed by atoms with Gasteiger partial charge in [-0.2, -0.15) is 0 Å². The van der Waals surface area contributed by atoms with Crippen LogP contribution < -0.4 is 15.0 Å². The highest BCUT2D eigenvalue weighted by atomic mass is 16.5. The summed E-state index contributed by atoms with van der Waals surface area (Å²) in [4.78, 5) is 37.6. The van der Waals surface area contributed by atoms with E-state index in [2.05, 4.69) is 22.1 Å². The molecule has 0 aliphatic rings. The number of nitrogens with one attached hydrogen (secondary N) is 1. The van der Waals surface area contributed by atoms with Gasteiger partial charge < -0.3 is 24.4 Å². The van der Waals surface area contributed by atoms with Crippen molar-refractivity contribution in [3.63, 3.8) is 0 Å². The van der Waals surface area contributed by atoms with Crippen molar-refractivity contribution in [2.45, 2.75) is 19.9 Å². The number of fused-ring (bicyclic) bond motifs is 1. The van der Waals surface area contributed by atoms with Crippen molar-refractivity contribution < 1.29 is 14.3 Å². The highest BCUT2D eigenvalue weighted by Gasteiger charge is 2.18. The zero-order chi connectivity index (χ0) is 25.8. The molecule has 0 bridgehead atoms. The average molecular weight is 490 g/mol. The SMILES string of the molecule is CCc1nc2ccc(C(=O)Nc3cccc(OCC(=O)N(C)C)c3)cn2c1N(C)Cc1nccn1C. The molecule has 0 fully saturated rings. The van der Waals surface area contributed by atoms with Crippen molar-refractivity contribution in [2.75, 3.05) is 38.0 Å². The number of imidazole rings is 2. The first-order chi connectivity index (χ1) is 17.3. The lowest BCUT2D eigenvalue weighted by Gasteiger charge is -2.20. The summed E-state index contributed by atoms with van der Waals surface area (Å²) in [7, 11) is 7.31. The molecule has 0 aliphatic carbocycles. The summed E-state index contributed by atoms with van der Waals surface area (Å²) < 4.78 is 9.49. The number of aryl methyl sites for hydroxylation is 2. The second-order valence-corrected chi connectivity index (χ2v) is 8.75. The molecule has 0 aliphatic heterocycles. The molecule has 10 nitrogen and oxygen atoms in total. The fourth-order valence-electron chi connectivity index (χ4n) is 3.83. The summed E-state index contributed by atoms with van der Waals surface area (Å²) >= 11 is 0. The quantitative estimate of drug-likeness (QED) is 0.388. The van der Waals surface area contributed by atoms with Gasteiger partial charge in [-0.1, -0.05) is 13.0 Å². The van der Waals surface area contributed by atoms with E-state index >= 15 is 0 Å². The molecule has 36 heavy (non-hydrogen) atoms. The Morgan fingerprint density at radius 2 is 1.94 bits per heavy atom. The van der Waals surface area contributed by atoms with Gasteiger partial charge in [-0.25, -0.2) is 9.97 Å². The maximum Gasteiger partial charge on any atom is 0.259 e. The van der Waals surface area contributed by atoms with Crippen LogP contribution in [0.25, 0.3) is 5.65 Å². The van der Waals surface area contributed by atoms with Crippen LogP contribution in [0.15, 0.2) is 55.0 Å². The standard InChI is InChI=1S/C26H31N7O3/c1-6-21-26(32(5)16-23-27-12-13-31(23)4)33-15-18(10-11-22(33)29-21)25(35)28-19-8-7-9-20(14-19)36-17-24(34)30(2)3/h7-15H,6,16-17H2,1-5H3,(H,28,35). The zero-order valence-corrected chi connectivity index (χ0v) is 21.2. The Balaban J connectivity index is 1.55. The largest absolute Gasteiger partial charge is 0.484 e. The fourth-order valence-corrected chi connectivity index (χ4v) is 3.83. The highest BCUT2D eigenvalue weighted by molar-refractivity contribution is 6.04. The third kappa shape index (κ3) is 5.32. The number of pyridine rings is 1. The minimum absolute atomic E-state index is 0.0734. The summed E-state index contributed by atoms with van der Waals surface area (Å²) in [5, 5.41) is 2.91. The van der Waals surface area contributed by atoms with Crippen molar-refractivity contribution in [3.05, 3.63) is 72.1 Å². The van der Waals surface area contributed by atoms with Crippen LogP contribution >= 0.6 is 0 Å². The maximum absolute atomic E-state index is 13.1. The molecule has 0 radical (unpaired) electrons. The number of carbonyl (C=O) groups excluding carboxylic acids is 2. The third-order valence-corrected chi connectivity index (χ3v) is 5.87. The maximum atomic E-state index is 13.1. The van der Waals surface area contributed by atoms with Gasteiger partial charge in [-0.05, 0) is 30.7 Å². The lowest BCUT2D eigenvalue weighted by atomic mass is 10.2.